The summed E-state index contributed by atoms with van der Waals surface area (Å²) in [5.41, 5.74) is 3.04. The summed E-state index contributed by atoms with van der Waals surface area (Å²) in [5.74, 6) is 1.06. The third-order valence-electron chi connectivity index (χ3n) is 2.98. The fraction of sp³-hybridized carbons (Fsp3) is 0.286. The average molecular weight is 296 g/mol. The first-order chi connectivity index (χ1) is 9.19. The zero-order chi connectivity index (χ0) is 13.8. The van der Waals surface area contributed by atoms with Crippen LogP contribution in [-0.2, 0) is 5.88 Å². The van der Waals surface area contributed by atoms with Crippen LogP contribution < -0.4 is 4.90 Å². The molecule has 1 aromatic heterocycles. The third kappa shape index (κ3) is 2.82. The van der Waals surface area contributed by atoms with Gasteiger partial charge in [0.15, 0.2) is 0 Å². The molecule has 0 aliphatic rings. The molecule has 1 heterocycles. The largest absolute Gasteiger partial charge is 0.326 e. The van der Waals surface area contributed by atoms with Crippen LogP contribution in [0.5, 0.6) is 0 Å². The van der Waals surface area contributed by atoms with E-state index in [-0.39, 0.29) is 5.88 Å². The first-order valence-corrected chi connectivity index (χ1v) is 6.98. The molecule has 100 valence electrons. The van der Waals surface area contributed by atoms with E-state index in [4.69, 9.17) is 23.2 Å². The maximum absolute atomic E-state index is 6.10. The van der Waals surface area contributed by atoms with E-state index < -0.39 is 0 Å². The molecule has 0 unspecified atom stereocenters. The Morgan fingerprint density at radius 2 is 1.95 bits per heavy atom. The first-order valence-electron chi connectivity index (χ1n) is 6.07. The molecule has 0 amide bonds. The highest BCUT2D eigenvalue weighted by Crippen LogP contribution is 2.32. The van der Waals surface area contributed by atoms with Crippen molar-refractivity contribution in [2.45, 2.75) is 19.7 Å². The Hall–Kier alpha value is -1.32. The van der Waals surface area contributed by atoms with Gasteiger partial charge in [-0.1, -0.05) is 29.8 Å². The molecule has 5 heteroatoms. The second-order valence-corrected chi connectivity index (χ2v) is 4.76. The maximum Gasteiger partial charge on any atom is 0.142 e. The molecule has 0 saturated carbocycles. The smallest absolute Gasteiger partial charge is 0.142 e. The highest BCUT2D eigenvalue weighted by Gasteiger charge is 2.17. The van der Waals surface area contributed by atoms with Gasteiger partial charge < -0.3 is 4.90 Å². The minimum Gasteiger partial charge on any atom is -0.326 e. The Morgan fingerprint density at radius 3 is 2.58 bits per heavy atom. The van der Waals surface area contributed by atoms with E-state index in [1.165, 1.54) is 11.9 Å². The quantitative estimate of drug-likeness (QED) is 0.621. The summed E-state index contributed by atoms with van der Waals surface area (Å²) in [7, 11) is 0. The lowest BCUT2D eigenvalue weighted by Crippen LogP contribution is -2.20. The summed E-state index contributed by atoms with van der Waals surface area (Å²) in [5, 5.41) is 0.409. The number of nitrogens with zero attached hydrogens (tertiary/aromatic N) is 3. The molecule has 0 spiro atoms. The van der Waals surface area contributed by atoms with E-state index in [2.05, 4.69) is 40.8 Å². The monoisotopic (exact) mass is 295 g/mol. The lowest BCUT2D eigenvalue weighted by Gasteiger charge is -2.25. The van der Waals surface area contributed by atoms with Gasteiger partial charge >= 0.3 is 0 Å². The highest BCUT2D eigenvalue weighted by molar-refractivity contribution is 6.31. The third-order valence-corrected chi connectivity index (χ3v) is 3.57. The van der Waals surface area contributed by atoms with Gasteiger partial charge in [-0.15, -0.1) is 11.6 Å². The number of aromatic nitrogens is 2. The molecular formula is C14H15Cl2N3. The van der Waals surface area contributed by atoms with E-state index >= 15 is 0 Å². The van der Waals surface area contributed by atoms with Crippen molar-refractivity contribution in [3.8, 4) is 0 Å². The molecule has 2 aromatic rings. The molecule has 3 nitrogen and oxygen atoms in total. The molecule has 0 aliphatic heterocycles. The lowest BCUT2D eigenvalue weighted by molar-refractivity contribution is 0.954. The summed E-state index contributed by atoms with van der Waals surface area (Å²) in [6.07, 6.45) is 1.47. The molecule has 1 aromatic carbocycles. The second kappa shape index (κ2) is 6.22. The van der Waals surface area contributed by atoms with Crippen LogP contribution in [0, 0.1) is 6.92 Å². The zero-order valence-electron chi connectivity index (χ0n) is 10.9. The van der Waals surface area contributed by atoms with Crippen molar-refractivity contribution in [1.82, 2.24) is 9.97 Å². The summed E-state index contributed by atoms with van der Waals surface area (Å²) in [6, 6.07) is 8.16. The van der Waals surface area contributed by atoms with Gasteiger partial charge in [0.2, 0.25) is 0 Å². The van der Waals surface area contributed by atoms with Gasteiger partial charge in [0.1, 0.15) is 17.3 Å². The van der Waals surface area contributed by atoms with E-state index in [9.17, 15) is 0 Å². The van der Waals surface area contributed by atoms with Gasteiger partial charge in [-0.25, -0.2) is 9.97 Å². The Labute approximate surface area is 123 Å². The van der Waals surface area contributed by atoms with Gasteiger partial charge in [0, 0.05) is 17.8 Å². The molecule has 0 saturated heterocycles. The number of anilines is 2. The second-order valence-electron chi connectivity index (χ2n) is 4.13. The van der Waals surface area contributed by atoms with E-state index in [0.29, 0.717) is 5.15 Å². The van der Waals surface area contributed by atoms with Gasteiger partial charge in [-0.2, -0.15) is 0 Å². The normalized spacial score (nSPS) is 10.5. The minimum atomic E-state index is 0.289. The fourth-order valence-electron chi connectivity index (χ4n) is 2.03. The molecule has 0 bridgehead atoms. The number of halogens is 2. The van der Waals surface area contributed by atoms with Crippen molar-refractivity contribution in [2.24, 2.45) is 0 Å². The summed E-state index contributed by atoms with van der Waals surface area (Å²) >= 11 is 12.1. The standard InChI is InChI=1S/C14H15Cl2N3/c1-3-19(12-7-5-4-6-10(12)2)14-11(8-15)13(16)17-9-18-14/h4-7,9H,3,8H2,1-2H3. The molecule has 0 aliphatic carbocycles. The molecule has 19 heavy (non-hydrogen) atoms. The molecular weight excluding hydrogens is 281 g/mol. The van der Waals surface area contributed by atoms with E-state index in [1.807, 2.05) is 12.1 Å². The molecule has 0 atom stereocenters. The maximum atomic E-state index is 6.10. The van der Waals surface area contributed by atoms with Crippen LogP contribution in [0.15, 0.2) is 30.6 Å². The van der Waals surface area contributed by atoms with Gasteiger partial charge in [0.05, 0.1) is 5.88 Å². The highest BCUT2D eigenvalue weighted by atomic mass is 35.5. The molecule has 0 radical (unpaired) electrons. The van der Waals surface area contributed by atoms with Gasteiger partial charge in [0.25, 0.3) is 0 Å². The Morgan fingerprint density at radius 1 is 1.21 bits per heavy atom. The van der Waals surface area contributed by atoms with Crippen LogP contribution >= 0.6 is 23.2 Å². The van der Waals surface area contributed by atoms with Crippen LogP contribution in [0.2, 0.25) is 5.15 Å². The van der Waals surface area contributed by atoms with Crippen molar-refractivity contribution in [3.05, 3.63) is 46.9 Å². The van der Waals surface area contributed by atoms with Crippen molar-refractivity contribution < 1.29 is 0 Å². The SMILES string of the molecule is CCN(c1ccccc1C)c1ncnc(Cl)c1CCl. The first kappa shape index (κ1) is 14.1. The zero-order valence-corrected chi connectivity index (χ0v) is 12.4. The van der Waals surface area contributed by atoms with E-state index in [1.54, 1.807) is 0 Å². The van der Waals surface area contributed by atoms with Crippen molar-refractivity contribution in [3.63, 3.8) is 0 Å². The Kier molecular flexibility index (Phi) is 4.61. The number of aryl methyl sites for hydroxylation is 1. The van der Waals surface area contributed by atoms with Crippen LogP contribution in [0.3, 0.4) is 0 Å². The fourth-order valence-corrected chi connectivity index (χ4v) is 2.54. The van der Waals surface area contributed by atoms with Crippen molar-refractivity contribution >= 4 is 34.7 Å². The summed E-state index contributed by atoms with van der Waals surface area (Å²) < 4.78 is 0. The predicted octanol–water partition coefficient (Wildman–Crippen LogP) is 4.34. The van der Waals surface area contributed by atoms with Gasteiger partial charge in [-0.05, 0) is 25.5 Å². The molecule has 2 rings (SSSR count). The molecule has 0 N–H and O–H groups in total. The number of alkyl halides is 1. The minimum absolute atomic E-state index is 0.289. The van der Waals surface area contributed by atoms with E-state index in [0.717, 1.165) is 23.6 Å². The van der Waals surface area contributed by atoms with Crippen LogP contribution in [0.4, 0.5) is 11.5 Å². The lowest BCUT2D eigenvalue weighted by atomic mass is 10.1. The number of para-hydroxylation sites is 1. The number of benzene rings is 1. The average Bonchev–Trinajstić information content (AvgIpc) is 2.42. The number of rotatable bonds is 4. The number of hydrogen-bond donors (Lipinski definition) is 0. The number of hydrogen-bond acceptors (Lipinski definition) is 3. The van der Waals surface area contributed by atoms with Crippen LogP contribution in [0.25, 0.3) is 0 Å². The molecule has 0 fully saturated rings. The topological polar surface area (TPSA) is 29.0 Å². The predicted molar refractivity (Wildman–Crippen MR) is 80.5 cm³/mol. The summed E-state index contributed by atoms with van der Waals surface area (Å²) in [4.78, 5) is 10.4. The van der Waals surface area contributed by atoms with Crippen molar-refractivity contribution in [1.29, 1.82) is 0 Å². The van der Waals surface area contributed by atoms with Gasteiger partial charge in [-0.3, -0.25) is 0 Å². The Balaban J connectivity index is 2.55. The summed E-state index contributed by atoms with van der Waals surface area (Å²) in [6.45, 7) is 4.92. The van der Waals surface area contributed by atoms with Crippen LogP contribution in [0.1, 0.15) is 18.1 Å². The van der Waals surface area contributed by atoms with Crippen LogP contribution in [-0.4, -0.2) is 16.5 Å². The van der Waals surface area contributed by atoms with Crippen molar-refractivity contribution in [2.75, 3.05) is 11.4 Å². The Bertz CT molecular complexity index is 572.